The summed E-state index contributed by atoms with van der Waals surface area (Å²) in [5.74, 6) is -0.713. The number of carbonyl (C=O) groups excluding carboxylic acids is 2. The summed E-state index contributed by atoms with van der Waals surface area (Å²) in [6.07, 6.45) is 3.61. The van der Waals surface area contributed by atoms with Crippen LogP contribution < -0.4 is 9.80 Å². The molecule has 2 atom stereocenters. The number of anilines is 2. The fourth-order valence-electron chi connectivity index (χ4n) is 6.59. The highest BCUT2D eigenvalue weighted by molar-refractivity contribution is 6.20. The molecule has 2 unspecified atom stereocenters. The lowest BCUT2D eigenvalue weighted by molar-refractivity contribution is 0.0937. The number of aryl methyl sites for hydroxylation is 2. The second-order valence-corrected chi connectivity index (χ2v) is 11.5. The van der Waals surface area contributed by atoms with Gasteiger partial charge in [0.15, 0.2) is 11.5 Å². The van der Waals surface area contributed by atoms with Crippen LogP contribution in [0.25, 0.3) is 21.8 Å². The molecule has 5 aromatic rings. The number of aromatic amines is 2. The van der Waals surface area contributed by atoms with Crippen LogP contribution in [0.15, 0.2) is 46.3 Å². The number of alkyl halides is 2. The molecular weight excluding hydrogens is 581 g/mol. The minimum absolute atomic E-state index is 0.0228. The molecule has 2 aliphatic rings. The van der Waals surface area contributed by atoms with Crippen LogP contribution in [-0.2, 0) is 0 Å². The molecule has 10 nitrogen and oxygen atoms in total. The van der Waals surface area contributed by atoms with E-state index >= 15 is 0 Å². The van der Waals surface area contributed by atoms with Crippen molar-refractivity contribution in [3.63, 3.8) is 0 Å². The second-order valence-electron chi connectivity index (χ2n) is 10.9. The summed E-state index contributed by atoms with van der Waals surface area (Å²) in [5, 5.41) is 15.5. The van der Waals surface area contributed by atoms with Crippen molar-refractivity contribution in [2.45, 2.75) is 25.7 Å². The monoisotopic (exact) mass is 605 g/mol. The van der Waals surface area contributed by atoms with Gasteiger partial charge in [-0.3, -0.25) is 9.59 Å². The third-order valence-corrected chi connectivity index (χ3v) is 9.24. The van der Waals surface area contributed by atoms with E-state index in [9.17, 15) is 19.6 Å². The SMILES string of the molecule is Cc1c[nH]c2c(O)cc3c(c12)C(CCl)CN3C(=O)c1ccc(C(=O)N2CC(CCl)c3c2cc(N=O)c2[nH]cc(C)c32)o1. The van der Waals surface area contributed by atoms with Gasteiger partial charge in [-0.05, 0) is 59.5 Å². The van der Waals surface area contributed by atoms with Crippen molar-refractivity contribution >= 4 is 73.9 Å². The molecule has 0 aliphatic carbocycles. The number of hydrogen-bond donors (Lipinski definition) is 3. The first-order valence-corrected chi connectivity index (χ1v) is 14.5. The van der Waals surface area contributed by atoms with E-state index in [1.165, 1.54) is 21.9 Å². The zero-order valence-electron chi connectivity index (χ0n) is 22.6. The van der Waals surface area contributed by atoms with Crippen molar-refractivity contribution in [1.82, 2.24) is 9.97 Å². The first kappa shape index (κ1) is 26.6. The van der Waals surface area contributed by atoms with Gasteiger partial charge < -0.3 is 29.3 Å². The maximum absolute atomic E-state index is 13.8. The number of hydrogen-bond acceptors (Lipinski definition) is 6. The Morgan fingerprint density at radius 3 is 1.93 bits per heavy atom. The van der Waals surface area contributed by atoms with Crippen LogP contribution in [0.3, 0.4) is 0 Å². The average Bonchev–Trinajstić information content (AvgIpc) is 3.81. The molecule has 214 valence electrons. The molecule has 3 aromatic heterocycles. The number of amides is 2. The van der Waals surface area contributed by atoms with E-state index in [0.717, 1.165) is 33.0 Å². The Morgan fingerprint density at radius 1 is 0.905 bits per heavy atom. The number of phenols is 1. The number of halogens is 2. The third-order valence-electron chi connectivity index (χ3n) is 8.50. The van der Waals surface area contributed by atoms with Gasteiger partial charge >= 0.3 is 0 Å². The molecule has 12 heteroatoms. The highest BCUT2D eigenvalue weighted by Crippen LogP contribution is 2.48. The van der Waals surface area contributed by atoms with E-state index in [-0.39, 0.29) is 53.1 Å². The molecule has 3 N–H and O–H groups in total. The van der Waals surface area contributed by atoms with Crippen LogP contribution in [0.4, 0.5) is 17.1 Å². The molecular formula is C30H25Cl2N5O5. The van der Waals surface area contributed by atoms with E-state index in [4.69, 9.17) is 27.6 Å². The number of furan rings is 1. The third kappa shape index (κ3) is 3.64. The molecule has 7 rings (SSSR count). The second kappa shape index (κ2) is 9.64. The standard InChI is InChI=1S/C30H25Cl2N5O5/c1-13-9-33-27-17(35-41)5-18-25(23(13)27)15(7-31)11-36(18)29(39)21-3-4-22(42-21)30(40)37-12-16(8-32)26-19(37)6-20(38)28-24(26)14(2)10-34-28/h3-6,9-10,15-16,33-34,38H,7-8,11-12H2,1-2H3. The number of aromatic nitrogens is 2. The van der Waals surface area contributed by atoms with E-state index in [1.54, 1.807) is 18.3 Å². The Morgan fingerprint density at radius 2 is 1.40 bits per heavy atom. The van der Waals surface area contributed by atoms with Gasteiger partial charge in [0.25, 0.3) is 11.8 Å². The maximum Gasteiger partial charge on any atom is 0.294 e. The van der Waals surface area contributed by atoms with E-state index in [2.05, 4.69) is 15.1 Å². The predicted octanol–water partition coefficient (Wildman–Crippen LogP) is 6.93. The van der Waals surface area contributed by atoms with Crippen LogP contribution in [-0.4, -0.2) is 51.7 Å². The number of rotatable bonds is 5. The smallest absolute Gasteiger partial charge is 0.294 e. The van der Waals surface area contributed by atoms with Gasteiger partial charge in [0.05, 0.1) is 22.4 Å². The molecule has 5 heterocycles. The molecule has 0 bridgehead atoms. The molecule has 0 saturated heterocycles. The minimum atomic E-state index is -0.463. The molecule has 42 heavy (non-hydrogen) atoms. The first-order chi connectivity index (χ1) is 20.3. The molecule has 0 saturated carbocycles. The number of fused-ring (bicyclic) bond motifs is 6. The summed E-state index contributed by atoms with van der Waals surface area (Å²) in [4.78, 5) is 48.4. The molecule has 0 fully saturated rings. The molecule has 0 spiro atoms. The summed E-state index contributed by atoms with van der Waals surface area (Å²) in [6, 6.07) is 6.08. The van der Waals surface area contributed by atoms with Crippen LogP contribution in [0.1, 0.15) is 55.2 Å². The van der Waals surface area contributed by atoms with Crippen molar-refractivity contribution in [2.24, 2.45) is 5.18 Å². The number of nitrogens with one attached hydrogen (secondary N) is 2. The summed E-state index contributed by atoms with van der Waals surface area (Å²) in [7, 11) is 0. The van der Waals surface area contributed by atoms with Crippen LogP contribution in [0.2, 0.25) is 0 Å². The fourth-order valence-corrected chi connectivity index (χ4v) is 7.10. The van der Waals surface area contributed by atoms with Crippen molar-refractivity contribution in [3.8, 4) is 5.75 Å². The Hall–Kier alpha value is -4.28. The fraction of sp³-hybridized carbons (Fsp3) is 0.267. The van der Waals surface area contributed by atoms with Gasteiger partial charge in [0.1, 0.15) is 11.4 Å². The lowest BCUT2D eigenvalue weighted by Crippen LogP contribution is -2.30. The molecule has 2 aliphatic heterocycles. The van der Waals surface area contributed by atoms with Gasteiger partial charge in [-0.25, -0.2) is 0 Å². The number of nitroso groups, excluding NO2 is 1. The average molecular weight is 606 g/mol. The van der Waals surface area contributed by atoms with Gasteiger partial charge in [-0.2, -0.15) is 0 Å². The lowest BCUT2D eigenvalue weighted by Gasteiger charge is -2.18. The number of benzene rings is 2. The largest absolute Gasteiger partial charge is 0.506 e. The zero-order chi connectivity index (χ0) is 29.4. The van der Waals surface area contributed by atoms with Gasteiger partial charge in [-0.15, -0.1) is 28.1 Å². The Balaban J connectivity index is 1.24. The number of carbonyl (C=O) groups is 2. The van der Waals surface area contributed by atoms with Gasteiger partial charge in [0, 0.05) is 65.9 Å². The Bertz CT molecular complexity index is 1960. The van der Waals surface area contributed by atoms with Gasteiger partial charge in [0.2, 0.25) is 0 Å². The summed E-state index contributed by atoms with van der Waals surface area (Å²) >= 11 is 12.7. The van der Waals surface area contributed by atoms with E-state index in [0.29, 0.717) is 29.0 Å². The number of H-pyrrole nitrogens is 2. The number of nitrogens with zero attached hydrogens (tertiary/aromatic N) is 3. The number of aromatic hydroxyl groups is 1. The predicted molar refractivity (Wildman–Crippen MR) is 162 cm³/mol. The van der Waals surface area contributed by atoms with Crippen molar-refractivity contribution in [1.29, 1.82) is 0 Å². The molecule has 2 aromatic carbocycles. The summed E-state index contributed by atoms with van der Waals surface area (Å²) in [5.41, 5.74) is 6.11. The van der Waals surface area contributed by atoms with E-state index in [1.807, 2.05) is 20.0 Å². The molecule has 2 amide bonds. The normalized spacial score (nSPS) is 17.8. The minimum Gasteiger partial charge on any atom is -0.506 e. The van der Waals surface area contributed by atoms with Crippen LogP contribution >= 0.6 is 23.2 Å². The Labute approximate surface area is 249 Å². The van der Waals surface area contributed by atoms with Crippen molar-refractivity contribution in [3.05, 3.63) is 75.3 Å². The summed E-state index contributed by atoms with van der Waals surface area (Å²) < 4.78 is 5.87. The van der Waals surface area contributed by atoms with Crippen LogP contribution in [0.5, 0.6) is 5.75 Å². The quantitative estimate of drug-likeness (QED) is 0.147. The summed E-state index contributed by atoms with van der Waals surface area (Å²) in [6.45, 7) is 4.43. The Kier molecular flexibility index (Phi) is 6.11. The van der Waals surface area contributed by atoms with Crippen molar-refractivity contribution < 1.29 is 19.1 Å². The molecule has 0 radical (unpaired) electrons. The lowest BCUT2D eigenvalue weighted by atomic mass is 9.96. The first-order valence-electron chi connectivity index (χ1n) is 13.4. The van der Waals surface area contributed by atoms with E-state index < -0.39 is 11.8 Å². The highest BCUT2D eigenvalue weighted by atomic mass is 35.5. The van der Waals surface area contributed by atoms with Crippen molar-refractivity contribution in [2.75, 3.05) is 34.6 Å². The number of phenolic OH excluding ortho intramolecular Hbond substituents is 1. The van der Waals surface area contributed by atoms with Gasteiger partial charge in [-0.1, -0.05) is 0 Å². The highest BCUT2D eigenvalue weighted by Gasteiger charge is 2.39. The maximum atomic E-state index is 13.8. The zero-order valence-corrected chi connectivity index (χ0v) is 24.1. The van der Waals surface area contributed by atoms with Crippen LogP contribution in [0, 0.1) is 18.8 Å². The topological polar surface area (TPSA) is 135 Å².